The molecule has 2 amide bonds. The van der Waals surface area contributed by atoms with Crippen molar-refractivity contribution in [2.45, 2.75) is 26.0 Å². The van der Waals surface area contributed by atoms with Gasteiger partial charge in [0.1, 0.15) is 11.6 Å². The van der Waals surface area contributed by atoms with Crippen molar-refractivity contribution in [1.29, 1.82) is 0 Å². The summed E-state index contributed by atoms with van der Waals surface area (Å²) in [4.78, 5) is 12.1. The van der Waals surface area contributed by atoms with Gasteiger partial charge in [0.25, 0.3) is 0 Å². The lowest BCUT2D eigenvalue weighted by Crippen LogP contribution is -2.28. The highest BCUT2D eigenvalue weighted by Crippen LogP contribution is 2.32. The van der Waals surface area contributed by atoms with Crippen LogP contribution in [0.2, 0.25) is 0 Å². The van der Waals surface area contributed by atoms with Gasteiger partial charge in [0.15, 0.2) is 0 Å². The number of aliphatic hydroxyl groups excluding tert-OH is 1. The van der Waals surface area contributed by atoms with Crippen molar-refractivity contribution >= 4 is 11.7 Å². The Labute approximate surface area is 145 Å². The van der Waals surface area contributed by atoms with Crippen LogP contribution in [0, 0.1) is 11.7 Å². The van der Waals surface area contributed by atoms with Gasteiger partial charge in [-0.2, -0.15) is 0 Å². The summed E-state index contributed by atoms with van der Waals surface area (Å²) in [6, 6.07) is 10.9. The van der Waals surface area contributed by atoms with Crippen LogP contribution in [-0.2, 0) is 13.2 Å². The van der Waals surface area contributed by atoms with E-state index in [1.807, 2.05) is 18.2 Å². The highest BCUT2D eigenvalue weighted by molar-refractivity contribution is 5.90. The molecule has 0 spiro atoms. The fourth-order valence-corrected chi connectivity index (χ4v) is 2.44. The number of carbonyl (C=O) groups is 1. The molecular weight excluding hydrogens is 323 g/mol. The zero-order valence-corrected chi connectivity index (χ0v) is 13.8. The van der Waals surface area contributed by atoms with Crippen molar-refractivity contribution < 1.29 is 19.0 Å². The van der Waals surface area contributed by atoms with E-state index in [1.165, 1.54) is 18.2 Å². The van der Waals surface area contributed by atoms with E-state index in [0.717, 1.165) is 24.0 Å². The monoisotopic (exact) mass is 344 g/mol. The quantitative estimate of drug-likeness (QED) is 0.721. The second kappa shape index (κ2) is 7.98. The van der Waals surface area contributed by atoms with Gasteiger partial charge in [0.2, 0.25) is 0 Å². The predicted molar refractivity (Wildman–Crippen MR) is 92.8 cm³/mol. The van der Waals surface area contributed by atoms with Crippen LogP contribution in [0.4, 0.5) is 14.9 Å². The van der Waals surface area contributed by atoms with Gasteiger partial charge in [-0.05, 0) is 42.0 Å². The minimum Gasteiger partial charge on any atom is -0.491 e. The number of hydrogen-bond acceptors (Lipinski definition) is 3. The molecule has 0 bridgehead atoms. The van der Waals surface area contributed by atoms with Crippen molar-refractivity contribution in [3.63, 3.8) is 0 Å². The standard InChI is InChI=1S/C19H21FN2O3/c20-16-7-8-17(18(9-16)25-12-13-5-6-13)22-19(24)21-10-14-3-1-2-4-15(14)11-23/h1-4,7-9,13,23H,5-6,10-12H2,(H2,21,22,24). The van der Waals surface area contributed by atoms with E-state index < -0.39 is 11.8 Å². The Morgan fingerprint density at radius 3 is 2.68 bits per heavy atom. The summed E-state index contributed by atoms with van der Waals surface area (Å²) in [5.74, 6) is 0.450. The summed E-state index contributed by atoms with van der Waals surface area (Å²) in [6.45, 7) is 0.724. The van der Waals surface area contributed by atoms with Crippen molar-refractivity contribution in [1.82, 2.24) is 5.32 Å². The molecule has 0 aliphatic heterocycles. The summed E-state index contributed by atoms with van der Waals surface area (Å²) in [5, 5.41) is 14.7. The molecule has 5 nitrogen and oxygen atoms in total. The fraction of sp³-hybridized carbons (Fsp3) is 0.316. The SMILES string of the molecule is O=C(NCc1ccccc1CO)Nc1ccc(F)cc1OCC1CC1. The largest absolute Gasteiger partial charge is 0.491 e. The van der Waals surface area contributed by atoms with E-state index in [9.17, 15) is 14.3 Å². The normalized spacial score (nSPS) is 13.4. The summed E-state index contributed by atoms with van der Waals surface area (Å²) >= 11 is 0. The molecule has 0 aromatic heterocycles. The molecule has 2 aromatic carbocycles. The maximum atomic E-state index is 13.4. The first-order valence-corrected chi connectivity index (χ1v) is 8.30. The molecule has 3 rings (SSSR count). The number of rotatable bonds is 7. The van der Waals surface area contributed by atoms with Crippen LogP contribution in [0.25, 0.3) is 0 Å². The number of amides is 2. The smallest absolute Gasteiger partial charge is 0.319 e. The Hall–Kier alpha value is -2.60. The lowest BCUT2D eigenvalue weighted by atomic mass is 10.1. The Kier molecular flexibility index (Phi) is 5.50. The topological polar surface area (TPSA) is 70.6 Å². The number of halogens is 1. The van der Waals surface area contributed by atoms with E-state index in [-0.39, 0.29) is 13.2 Å². The lowest BCUT2D eigenvalue weighted by molar-refractivity contribution is 0.251. The van der Waals surface area contributed by atoms with E-state index >= 15 is 0 Å². The van der Waals surface area contributed by atoms with Gasteiger partial charge in [-0.3, -0.25) is 0 Å². The van der Waals surface area contributed by atoms with Crippen LogP contribution in [0.1, 0.15) is 24.0 Å². The van der Waals surface area contributed by atoms with Crippen LogP contribution in [0.15, 0.2) is 42.5 Å². The zero-order valence-electron chi connectivity index (χ0n) is 13.8. The minimum atomic E-state index is -0.421. The zero-order chi connectivity index (χ0) is 17.6. The maximum absolute atomic E-state index is 13.4. The summed E-state index contributed by atoms with van der Waals surface area (Å²) in [6.07, 6.45) is 2.26. The van der Waals surface area contributed by atoms with Gasteiger partial charge in [-0.1, -0.05) is 24.3 Å². The molecule has 1 aliphatic carbocycles. The van der Waals surface area contributed by atoms with Crippen molar-refractivity contribution in [3.05, 3.63) is 59.4 Å². The third-order valence-corrected chi connectivity index (χ3v) is 4.09. The van der Waals surface area contributed by atoms with Gasteiger partial charge in [-0.15, -0.1) is 0 Å². The van der Waals surface area contributed by atoms with Gasteiger partial charge in [0.05, 0.1) is 18.9 Å². The number of nitrogens with one attached hydrogen (secondary N) is 2. The number of benzene rings is 2. The van der Waals surface area contributed by atoms with Gasteiger partial charge in [-0.25, -0.2) is 9.18 Å². The highest BCUT2D eigenvalue weighted by Gasteiger charge is 2.22. The molecule has 0 heterocycles. The second-order valence-electron chi connectivity index (χ2n) is 6.13. The van der Waals surface area contributed by atoms with Crippen LogP contribution in [0.5, 0.6) is 5.75 Å². The van der Waals surface area contributed by atoms with Crippen LogP contribution in [-0.4, -0.2) is 17.7 Å². The molecule has 25 heavy (non-hydrogen) atoms. The second-order valence-corrected chi connectivity index (χ2v) is 6.13. The van der Waals surface area contributed by atoms with Crippen molar-refractivity contribution in [2.24, 2.45) is 5.92 Å². The summed E-state index contributed by atoms with van der Waals surface area (Å²) in [5.41, 5.74) is 2.03. The molecule has 1 fully saturated rings. The van der Waals surface area contributed by atoms with E-state index in [4.69, 9.17) is 4.74 Å². The lowest BCUT2D eigenvalue weighted by Gasteiger charge is -2.14. The molecule has 2 aromatic rings. The summed E-state index contributed by atoms with van der Waals surface area (Å²) < 4.78 is 19.1. The number of ether oxygens (including phenoxy) is 1. The van der Waals surface area contributed by atoms with E-state index in [0.29, 0.717) is 24.0 Å². The third-order valence-electron chi connectivity index (χ3n) is 4.09. The van der Waals surface area contributed by atoms with E-state index in [1.54, 1.807) is 6.07 Å². The van der Waals surface area contributed by atoms with Crippen LogP contribution >= 0.6 is 0 Å². The molecule has 0 saturated heterocycles. The maximum Gasteiger partial charge on any atom is 0.319 e. The predicted octanol–water partition coefficient (Wildman–Crippen LogP) is 3.43. The number of hydrogen-bond donors (Lipinski definition) is 3. The summed E-state index contributed by atoms with van der Waals surface area (Å²) in [7, 11) is 0. The van der Waals surface area contributed by atoms with Crippen molar-refractivity contribution in [2.75, 3.05) is 11.9 Å². The first kappa shape index (κ1) is 17.2. The highest BCUT2D eigenvalue weighted by atomic mass is 19.1. The third kappa shape index (κ3) is 4.93. The Bertz CT molecular complexity index is 747. The first-order valence-electron chi connectivity index (χ1n) is 8.30. The Morgan fingerprint density at radius 2 is 1.96 bits per heavy atom. The molecule has 1 aliphatic rings. The van der Waals surface area contributed by atoms with Crippen molar-refractivity contribution in [3.8, 4) is 5.75 Å². The van der Waals surface area contributed by atoms with Gasteiger partial charge >= 0.3 is 6.03 Å². The molecule has 1 saturated carbocycles. The number of urea groups is 1. The number of anilines is 1. The average Bonchev–Trinajstić information content (AvgIpc) is 3.44. The molecule has 3 N–H and O–H groups in total. The molecule has 132 valence electrons. The van der Waals surface area contributed by atoms with Gasteiger partial charge < -0.3 is 20.5 Å². The Balaban J connectivity index is 1.60. The minimum absolute atomic E-state index is 0.0867. The van der Waals surface area contributed by atoms with Crippen LogP contribution < -0.4 is 15.4 Å². The molecule has 0 atom stereocenters. The molecular formula is C19H21FN2O3. The van der Waals surface area contributed by atoms with Crippen LogP contribution in [0.3, 0.4) is 0 Å². The average molecular weight is 344 g/mol. The first-order chi connectivity index (χ1) is 12.2. The molecule has 0 unspecified atom stereocenters. The Morgan fingerprint density at radius 1 is 1.20 bits per heavy atom. The molecule has 6 heteroatoms. The fourth-order valence-electron chi connectivity index (χ4n) is 2.44. The molecule has 0 radical (unpaired) electrons. The van der Waals surface area contributed by atoms with E-state index in [2.05, 4.69) is 10.6 Å². The number of carbonyl (C=O) groups excluding carboxylic acids is 1. The van der Waals surface area contributed by atoms with Gasteiger partial charge in [0, 0.05) is 12.6 Å². The number of aliphatic hydroxyl groups is 1.